The van der Waals surface area contributed by atoms with E-state index in [0.717, 1.165) is 17.8 Å². The summed E-state index contributed by atoms with van der Waals surface area (Å²) in [4.78, 5) is 12.5. The summed E-state index contributed by atoms with van der Waals surface area (Å²) in [6.07, 6.45) is 8.15. The summed E-state index contributed by atoms with van der Waals surface area (Å²) in [5.41, 5.74) is 0.712. The summed E-state index contributed by atoms with van der Waals surface area (Å²) >= 11 is 17.4. The number of benzene rings is 1. The predicted molar refractivity (Wildman–Crippen MR) is 110 cm³/mol. The Morgan fingerprint density at radius 1 is 1.15 bits per heavy atom. The van der Waals surface area contributed by atoms with Gasteiger partial charge >= 0.3 is 0 Å². The van der Waals surface area contributed by atoms with E-state index in [1.807, 2.05) is 0 Å². The zero-order valence-corrected chi connectivity index (χ0v) is 17.2. The summed E-state index contributed by atoms with van der Waals surface area (Å²) < 4.78 is 0. The lowest BCUT2D eigenvalue weighted by atomic mass is 9.48. The molecule has 0 unspecified atom stereocenters. The van der Waals surface area contributed by atoms with Gasteiger partial charge in [0.2, 0.25) is 0 Å². The second-order valence-electron chi connectivity index (χ2n) is 8.55. The molecule has 0 heterocycles. The van der Waals surface area contributed by atoms with E-state index in [-0.39, 0.29) is 11.9 Å². The molecule has 4 bridgehead atoms. The molecule has 4 saturated carbocycles. The Hall–Kier alpha value is -0.840. The number of hydrogen-bond acceptors (Lipinski definition) is 2. The minimum absolute atomic E-state index is 0.268. The van der Waals surface area contributed by atoms with Gasteiger partial charge < -0.3 is 5.32 Å². The number of hydrogen-bond donors (Lipinski definition) is 2. The summed E-state index contributed by atoms with van der Waals surface area (Å²) in [6.45, 7) is 2.22. The lowest BCUT2D eigenvalue weighted by molar-refractivity contribution is -0.0672. The third-order valence-corrected chi connectivity index (χ3v) is 7.52. The number of nitrogens with one attached hydrogen (secondary N) is 2. The third-order valence-electron chi connectivity index (χ3n) is 6.75. The molecule has 4 aliphatic carbocycles. The van der Waals surface area contributed by atoms with E-state index in [2.05, 4.69) is 17.6 Å². The highest BCUT2D eigenvalue weighted by atomic mass is 35.5. The smallest absolute Gasteiger partial charge is 0.258 e. The molecular weight excluding hydrogens is 387 g/mol. The number of halogens is 2. The lowest BCUT2D eigenvalue weighted by Gasteiger charge is -2.59. The molecule has 6 heteroatoms. The first kappa shape index (κ1) is 18.5. The van der Waals surface area contributed by atoms with Crippen molar-refractivity contribution in [2.24, 2.45) is 23.2 Å². The molecule has 1 aromatic rings. The zero-order chi connectivity index (χ0) is 18.5. The minimum atomic E-state index is -0.304. The average molecular weight is 411 g/mol. The van der Waals surface area contributed by atoms with Gasteiger partial charge in [-0.05, 0) is 99.0 Å². The second kappa shape index (κ2) is 6.96. The van der Waals surface area contributed by atoms with Gasteiger partial charge in [-0.25, -0.2) is 0 Å². The van der Waals surface area contributed by atoms with E-state index in [0.29, 0.717) is 26.1 Å². The van der Waals surface area contributed by atoms with Gasteiger partial charge in [-0.1, -0.05) is 23.2 Å². The fourth-order valence-electron chi connectivity index (χ4n) is 5.94. The Kier molecular flexibility index (Phi) is 4.96. The van der Waals surface area contributed by atoms with Gasteiger partial charge in [0.05, 0.1) is 10.6 Å². The van der Waals surface area contributed by atoms with Crippen LogP contribution in [0.15, 0.2) is 18.2 Å². The molecule has 1 atom stereocenters. The van der Waals surface area contributed by atoms with Crippen molar-refractivity contribution < 1.29 is 4.79 Å². The van der Waals surface area contributed by atoms with Crippen molar-refractivity contribution in [2.45, 2.75) is 51.5 Å². The molecule has 0 aromatic heterocycles. The van der Waals surface area contributed by atoms with E-state index in [1.54, 1.807) is 18.2 Å². The molecule has 1 aromatic carbocycles. The Morgan fingerprint density at radius 3 is 2.27 bits per heavy atom. The second-order valence-corrected chi connectivity index (χ2v) is 9.81. The Labute approximate surface area is 170 Å². The molecule has 0 aliphatic heterocycles. The molecule has 5 rings (SSSR count). The summed E-state index contributed by atoms with van der Waals surface area (Å²) in [5, 5.41) is 7.38. The molecule has 2 N–H and O–H groups in total. The van der Waals surface area contributed by atoms with E-state index < -0.39 is 0 Å². The van der Waals surface area contributed by atoms with Gasteiger partial charge in [-0.15, -0.1) is 0 Å². The fourth-order valence-corrected chi connectivity index (χ4v) is 6.70. The topological polar surface area (TPSA) is 41.1 Å². The Balaban J connectivity index is 1.39. The van der Waals surface area contributed by atoms with Crippen LogP contribution in [0.5, 0.6) is 0 Å². The molecule has 26 heavy (non-hydrogen) atoms. The Bertz CT molecular complexity index is 716. The van der Waals surface area contributed by atoms with Crippen molar-refractivity contribution in [3.63, 3.8) is 0 Å². The van der Waals surface area contributed by atoms with Crippen LogP contribution in [0.2, 0.25) is 10.0 Å². The maximum atomic E-state index is 12.5. The van der Waals surface area contributed by atoms with Crippen molar-refractivity contribution in [1.29, 1.82) is 0 Å². The monoisotopic (exact) mass is 410 g/mol. The van der Waals surface area contributed by atoms with Crippen LogP contribution < -0.4 is 10.6 Å². The van der Waals surface area contributed by atoms with Crippen LogP contribution in [0.3, 0.4) is 0 Å². The largest absolute Gasteiger partial charge is 0.359 e. The maximum Gasteiger partial charge on any atom is 0.258 e. The average Bonchev–Trinajstić information content (AvgIpc) is 2.53. The van der Waals surface area contributed by atoms with E-state index >= 15 is 0 Å². The number of amides is 1. The molecule has 0 spiro atoms. The van der Waals surface area contributed by atoms with Crippen molar-refractivity contribution >= 4 is 46.4 Å². The van der Waals surface area contributed by atoms with Crippen LogP contribution in [0.25, 0.3) is 0 Å². The van der Waals surface area contributed by atoms with Crippen molar-refractivity contribution in [1.82, 2.24) is 10.6 Å². The SMILES string of the molecule is C[C@H](NC(=S)NC(=O)c1ccc(Cl)cc1Cl)C12CC3CC(CC(C3)C1)C2. The summed E-state index contributed by atoms with van der Waals surface area (Å²) in [6, 6.07) is 5.10. The molecule has 4 aliphatic rings. The molecule has 0 saturated heterocycles. The predicted octanol–water partition coefficient (Wildman–Crippen LogP) is 5.20. The molecule has 3 nitrogen and oxygen atoms in total. The number of carbonyl (C=O) groups is 1. The Morgan fingerprint density at radius 2 is 1.73 bits per heavy atom. The van der Waals surface area contributed by atoms with Crippen LogP contribution in [0, 0.1) is 23.2 Å². The number of thiocarbonyl (C=S) groups is 1. The van der Waals surface area contributed by atoms with Gasteiger partial charge in [0.15, 0.2) is 5.11 Å². The van der Waals surface area contributed by atoms with Crippen LogP contribution in [0.1, 0.15) is 55.8 Å². The van der Waals surface area contributed by atoms with E-state index in [4.69, 9.17) is 35.4 Å². The third kappa shape index (κ3) is 3.48. The summed E-state index contributed by atoms with van der Waals surface area (Å²) in [7, 11) is 0. The van der Waals surface area contributed by atoms with Crippen molar-refractivity contribution in [3.05, 3.63) is 33.8 Å². The van der Waals surface area contributed by atoms with Crippen molar-refractivity contribution in [3.8, 4) is 0 Å². The summed E-state index contributed by atoms with van der Waals surface area (Å²) in [5.74, 6) is 2.37. The first-order valence-electron chi connectivity index (χ1n) is 9.41. The highest BCUT2D eigenvalue weighted by Crippen LogP contribution is 2.61. The first-order valence-corrected chi connectivity index (χ1v) is 10.6. The highest BCUT2D eigenvalue weighted by Gasteiger charge is 2.53. The molecule has 1 amide bonds. The molecular formula is C20H24Cl2N2OS. The van der Waals surface area contributed by atoms with Gasteiger partial charge in [-0.3, -0.25) is 10.1 Å². The quantitative estimate of drug-likeness (QED) is 0.672. The fraction of sp³-hybridized carbons (Fsp3) is 0.600. The van der Waals surface area contributed by atoms with Gasteiger partial charge in [0.1, 0.15) is 0 Å². The van der Waals surface area contributed by atoms with Crippen LogP contribution in [-0.4, -0.2) is 17.1 Å². The normalized spacial score (nSPS) is 33.0. The zero-order valence-electron chi connectivity index (χ0n) is 14.9. The van der Waals surface area contributed by atoms with Gasteiger partial charge in [0.25, 0.3) is 5.91 Å². The van der Waals surface area contributed by atoms with E-state index in [1.165, 1.54) is 38.5 Å². The van der Waals surface area contributed by atoms with Crippen LogP contribution in [-0.2, 0) is 0 Å². The molecule has 140 valence electrons. The maximum absolute atomic E-state index is 12.5. The lowest BCUT2D eigenvalue weighted by Crippen LogP contribution is -2.57. The minimum Gasteiger partial charge on any atom is -0.359 e. The van der Waals surface area contributed by atoms with Crippen LogP contribution in [0.4, 0.5) is 0 Å². The molecule has 0 radical (unpaired) electrons. The first-order chi connectivity index (χ1) is 12.3. The van der Waals surface area contributed by atoms with Crippen LogP contribution >= 0.6 is 35.4 Å². The molecule has 4 fully saturated rings. The standard InChI is InChI=1S/C20H24Cl2N2OS/c1-11(20-8-12-4-13(9-20)6-14(5-12)10-20)23-19(26)24-18(25)16-3-2-15(21)7-17(16)22/h2-3,7,11-14H,4-6,8-10H2,1H3,(H2,23,24,25,26)/t11-,12?,13?,14?,20?/m0/s1. The van der Waals surface area contributed by atoms with Gasteiger partial charge in [-0.2, -0.15) is 0 Å². The number of carbonyl (C=O) groups excluding carboxylic acids is 1. The highest BCUT2D eigenvalue weighted by molar-refractivity contribution is 7.80. The van der Waals surface area contributed by atoms with E-state index in [9.17, 15) is 4.79 Å². The number of rotatable bonds is 3. The van der Waals surface area contributed by atoms with Crippen molar-refractivity contribution in [2.75, 3.05) is 0 Å². The van der Waals surface area contributed by atoms with Gasteiger partial charge in [0, 0.05) is 11.1 Å².